The molecule has 0 unspecified atom stereocenters. The summed E-state index contributed by atoms with van der Waals surface area (Å²) >= 11 is 0. The smallest absolute Gasteiger partial charge is 0.0478 e. The van der Waals surface area contributed by atoms with Gasteiger partial charge in [-0.25, -0.2) is 0 Å². The van der Waals surface area contributed by atoms with Gasteiger partial charge in [0.2, 0.25) is 0 Å². The number of allylic oxidation sites excluding steroid dienone is 1. The third-order valence-corrected chi connectivity index (χ3v) is 8.10. The Labute approximate surface area is 234 Å². The normalized spacial score (nSPS) is 13.7. The van der Waals surface area contributed by atoms with Crippen LogP contribution in [0, 0.1) is 5.92 Å². The van der Waals surface area contributed by atoms with Crippen LogP contribution in [0.1, 0.15) is 50.3 Å². The van der Waals surface area contributed by atoms with Gasteiger partial charge in [-0.3, -0.25) is 4.98 Å². The van der Waals surface area contributed by atoms with Gasteiger partial charge in [0.15, 0.2) is 0 Å². The SMILES string of the molecule is C=C(C1CCCCC1)N(Cc1ccc(-c2ccc(N(C)C)cc2)cc1)c1cccc(-c2ccnc(CC)c2)c1. The molecule has 1 heterocycles. The van der Waals surface area contributed by atoms with Crippen molar-refractivity contribution < 1.29 is 0 Å². The van der Waals surface area contributed by atoms with E-state index in [1.54, 1.807) is 0 Å². The monoisotopic (exact) mass is 515 g/mol. The van der Waals surface area contributed by atoms with E-state index < -0.39 is 0 Å². The van der Waals surface area contributed by atoms with E-state index in [1.165, 1.54) is 77.0 Å². The zero-order valence-electron chi connectivity index (χ0n) is 23.7. The lowest BCUT2D eigenvalue weighted by Crippen LogP contribution is -2.27. The minimum atomic E-state index is 0.546. The molecule has 0 amide bonds. The van der Waals surface area contributed by atoms with Crippen LogP contribution in [0.2, 0.25) is 0 Å². The minimum Gasteiger partial charge on any atom is -0.378 e. The summed E-state index contributed by atoms with van der Waals surface area (Å²) in [6.07, 6.45) is 9.29. The summed E-state index contributed by atoms with van der Waals surface area (Å²) in [6, 6.07) is 31.1. The second-order valence-corrected chi connectivity index (χ2v) is 11.0. The first kappa shape index (κ1) is 26.7. The fourth-order valence-corrected chi connectivity index (χ4v) is 5.66. The second-order valence-electron chi connectivity index (χ2n) is 11.0. The van der Waals surface area contributed by atoms with Gasteiger partial charge in [0, 0.05) is 49.6 Å². The average Bonchev–Trinajstić information content (AvgIpc) is 3.00. The molecule has 3 heteroatoms. The highest BCUT2D eigenvalue weighted by Crippen LogP contribution is 2.36. The number of rotatable bonds is 9. The Balaban J connectivity index is 1.43. The first-order valence-electron chi connectivity index (χ1n) is 14.4. The van der Waals surface area contributed by atoms with Crippen molar-refractivity contribution in [2.45, 2.75) is 52.0 Å². The van der Waals surface area contributed by atoms with E-state index in [-0.39, 0.29) is 0 Å². The first-order valence-corrected chi connectivity index (χ1v) is 14.4. The maximum absolute atomic E-state index is 4.68. The Morgan fingerprint density at radius 2 is 1.44 bits per heavy atom. The summed E-state index contributed by atoms with van der Waals surface area (Å²) in [4.78, 5) is 9.09. The van der Waals surface area contributed by atoms with Gasteiger partial charge in [-0.2, -0.15) is 0 Å². The first-order chi connectivity index (χ1) is 19.0. The molecule has 0 saturated heterocycles. The molecule has 0 atom stereocenters. The lowest BCUT2D eigenvalue weighted by Gasteiger charge is -2.34. The number of aryl methyl sites for hydroxylation is 1. The Bertz CT molecular complexity index is 1380. The predicted molar refractivity (Wildman–Crippen MR) is 167 cm³/mol. The van der Waals surface area contributed by atoms with Gasteiger partial charge in [0.25, 0.3) is 0 Å². The van der Waals surface area contributed by atoms with Crippen molar-refractivity contribution in [3.05, 3.63) is 115 Å². The molecular formula is C36H41N3. The van der Waals surface area contributed by atoms with Crippen LogP contribution in [-0.4, -0.2) is 19.1 Å². The molecule has 1 fully saturated rings. The number of benzene rings is 3. The van der Waals surface area contributed by atoms with Gasteiger partial charge in [-0.1, -0.05) is 81.3 Å². The number of aromatic nitrogens is 1. The zero-order chi connectivity index (χ0) is 27.2. The molecule has 3 aromatic carbocycles. The van der Waals surface area contributed by atoms with Crippen molar-refractivity contribution in [3.63, 3.8) is 0 Å². The second kappa shape index (κ2) is 12.3. The maximum atomic E-state index is 4.68. The van der Waals surface area contributed by atoms with Crippen LogP contribution in [0.5, 0.6) is 0 Å². The number of pyridine rings is 1. The molecule has 0 N–H and O–H groups in total. The molecule has 200 valence electrons. The molecule has 1 aliphatic rings. The van der Waals surface area contributed by atoms with Gasteiger partial charge in [0.1, 0.15) is 0 Å². The molecule has 4 aromatic rings. The van der Waals surface area contributed by atoms with E-state index in [9.17, 15) is 0 Å². The largest absolute Gasteiger partial charge is 0.378 e. The van der Waals surface area contributed by atoms with Crippen molar-refractivity contribution >= 4 is 11.4 Å². The lowest BCUT2D eigenvalue weighted by atomic mass is 9.86. The van der Waals surface area contributed by atoms with E-state index in [4.69, 9.17) is 0 Å². The summed E-state index contributed by atoms with van der Waals surface area (Å²) in [6.45, 7) is 7.65. The Morgan fingerprint density at radius 1 is 0.769 bits per heavy atom. The van der Waals surface area contributed by atoms with Crippen molar-refractivity contribution in [2.75, 3.05) is 23.9 Å². The maximum Gasteiger partial charge on any atom is 0.0478 e. The topological polar surface area (TPSA) is 19.4 Å². The fourth-order valence-electron chi connectivity index (χ4n) is 5.66. The van der Waals surface area contributed by atoms with Crippen LogP contribution < -0.4 is 9.80 Å². The predicted octanol–water partition coefficient (Wildman–Crippen LogP) is 9.14. The minimum absolute atomic E-state index is 0.546. The van der Waals surface area contributed by atoms with Crippen LogP contribution >= 0.6 is 0 Å². The Hall–Kier alpha value is -3.85. The highest BCUT2D eigenvalue weighted by atomic mass is 15.1. The number of nitrogens with zero attached hydrogens (tertiary/aromatic N) is 3. The molecule has 0 bridgehead atoms. The summed E-state index contributed by atoms with van der Waals surface area (Å²) in [7, 11) is 4.15. The van der Waals surface area contributed by atoms with Gasteiger partial charge in [0.05, 0.1) is 0 Å². The average molecular weight is 516 g/mol. The van der Waals surface area contributed by atoms with Crippen LogP contribution in [0.25, 0.3) is 22.3 Å². The van der Waals surface area contributed by atoms with Gasteiger partial charge in [-0.15, -0.1) is 0 Å². The van der Waals surface area contributed by atoms with Crippen molar-refractivity contribution in [1.82, 2.24) is 4.98 Å². The molecule has 1 saturated carbocycles. The van der Waals surface area contributed by atoms with Gasteiger partial charge >= 0.3 is 0 Å². The molecule has 0 radical (unpaired) electrons. The summed E-state index contributed by atoms with van der Waals surface area (Å²) < 4.78 is 0. The van der Waals surface area contributed by atoms with E-state index in [0.29, 0.717) is 5.92 Å². The third-order valence-electron chi connectivity index (χ3n) is 8.10. The van der Waals surface area contributed by atoms with E-state index >= 15 is 0 Å². The zero-order valence-corrected chi connectivity index (χ0v) is 23.7. The molecule has 0 spiro atoms. The quantitative estimate of drug-likeness (QED) is 0.221. The number of hydrogen-bond donors (Lipinski definition) is 0. The standard InChI is InChI=1S/C36H41N3/c1-5-34-24-33(22-23-37-34)32-12-9-13-36(25-32)39(27(2)29-10-7-6-8-11-29)26-28-14-16-30(17-15-28)31-18-20-35(21-19-31)38(3)4/h9,12-25,29H,2,5-8,10-11,26H2,1,3-4H3. The number of anilines is 2. The van der Waals surface area contributed by atoms with Crippen LogP contribution in [0.15, 0.2) is 103 Å². The van der Waals surface area contributed by atoms with E-state index in [2.05, 4.69) is 127 Å². The van der Waals surface area contributed by atoms with E-state index in [1.807, 2.05) is 6.20 Å². The highest BCUT2D eigenvalue weighted by Gasteiger charge is 2.22. The molecule has 39 heavy (non-hydrogen) atoms. The fraction of sp³-hybridized carbons (Fsp3) is 0.306. The number of hydrogen-bond acceptors (Lipinski definition) is 3. The molecular weight excluding hydrogens is 474 g/mol. The molecule has 1 aliphatic carbocycles. The Kier molecular flexibility index (Phi) is 8.46. The summed E-state index contributed by atoms with van der Waals surface area (Å²) in [5.41, 5.74) is 11.0. The van der Waals surface area contributed by atoms with E-state index in [0.717, 1.165) is 18.7 Å². The molecule has 1 aromatic heterocycles. The van der Waals surface area contributed by atoms with Gasteiger partial charge < -0.3 is 9.80 Å². The molecule has 5 rings (SSSR count). The summed E-state index contributed by atoms with van der Waals surface area (Å²) in [5, 5.41) is 0. The van der Waals surface area contributed by atoms with Crippen LogP contribution in [0.4, 0.5) is 11.4 Å². The van der Waals surface area contributed by atoms with Crippen molar-refractivity contribution in [1.29, 1.82) is 0 Å². The highest BCUT2D eigenvalue weighted by molar-refractivity contribution is 5.70. The van der Waals surface area contributed by atoms with Crippen LogP contribution in [-0.2, 0) is 13.0 Å². The Morgan fingerprint density at radius 3 is 2.10 bits per heavy atom. The third kappa shape index (κ3) is 6.42. The van der Waals surface area contributed by atoms with Crippen LogP contribution in [0.3, 0.4) is 0 Å². The lowest BCUT2D eigenvalue weighted by molar-refractivity contribution is 0.396. The van der Waals surface area contributed by atoms with Gasteiger partial charge in [-0.05, 0) is 89.4 Å². The van der Waals surface area contributed by atoms with Crippen molar-refractivity contribution in [3.8, 4) is 22.3 Å². The molecule has 3 nitrogen and oxygen atoms in total. The molecule has 0 aliphatic heterocycles. The summed E-state index contributed by atoms with van der Waals surface area (Å²) in [5.74, 6) is 0.546. The van der Waals surface area contributed by atoms with Crippen molar-refractivity contribution in [2.24, 2.45) is 5.92 Å².